The second kappa shape index (κ2) is 11.6. The minimum atomic E-state index is -0.486. The summed E-state index contributed by atoms with van der Waals surface area (Å²) in [5.41, 5.74) is 2.14. The third-order valence-corrected chi connectivity index (χ3v) is 7.42. The number of rotatable bonds is 8. The number of aromatic nitrogens is 3. The number of aryl methyl sites for hydroxylation is 1. The number of nitrogens with zero attached hydrogens (tertiary/aromatic N) is 5. The first-order valence-corrected chi connectivity index (χ1v) is 13.2. The van der Waals surface area contributed by atoms with Crippen LogP contribution in [0.5, 0.6) is 5.75 Å². The monoisotopic (exact) mass is 551 g/mol. The van der Waals surface area contributed by atoms with E-state index in [9.17, 15) is 14.3 Å². The average Bonchev–Trinajstić information content (AvgIpc) is 3.27. The van der Waals surface area contributed by atoms with E-state index in [4.69, 9.17) is 16.3 Å². The van der Waals surface area contributed by atoms with Crippen LogP contribution in [-0.2, 0) is 11.8 Å². The van der Waals surface area contributed by atoms with Crippen LogP contribution in [-0.4, -0.2) is 70.6 Å². The molecule has 0 bridgehead atoms. The fraction of sp³-hybridized carbons (Fsp3) is 0.310. The van der Waals surface area contributed by atoms with Crippen LogP contribution in [0.3, 0.4) is 0 Å². The van der Waals surface area contributed by atoms with Gasteiger partial charge in [-0.1, -0.05) is 17.7 Å². The molecule has 0 spiro atoms. The van der Waals surface area contributed by atoms with E-state index in [2.05, 4.69) is 14.8 Å². The molecule has 0 unspecified atom stereocenters. The van der Waals surface area contributed by atoms with E-state index in [1.165, 1.54) is 21.3 Å². The lowest BCUT2D eigenvalue weighted by atomic mass is 9.97. The second-order valence-corrected chi connectivity index (χ2v) is 10.1. The molecule has 0 radical (unpaired) electrons. The number of pyridine rings is 1. The maximum absolute atomic E-state index is 14.9. The van der Waals surface area contributed by atoms with E-state index in [-0.39, 0.29) is 11.4 Å². The van der Waals surface area contributed by atoms with E-state index in [0.717, 1.165) is 51.6 Å². The predicted octanol–water partition coefficient (Wildman–Crippen LogP) is 4.56. The molecule has 1 N–H and O–H groups in total. The van der Waals surface area contributed by atoms with Crippen LogP contribution in [0.1, 0.15) is 6.42 Å². The van der Waals surface area contributed by atoms with Crippen molar-refractivity contribution in [3.63, 3.8) is 0 Å². The van der Waals surface area contributed by atoms with Gasteiger partial charge in [0.15, 0.2) is 0 Å². The molecule has 39 heavy (non-hydrogen) atoms. The van der Waals surface area contributed by atoms with Gasteiger partial charge in [-0.2, -0.15) is 0 Å². The zero-order valence-electron chi connectivity index (χ0n) is 22.0. The molecule has 2 aromatic carbocycles. The molecule has 1 aliphatic rings. The third kappa shape index (κ3) is 5.71. The zero-order chi connectivity index (χ0) is 27.5. The second-order valence-electron chi connectivity index (χ2n) is 9.66. The molecule has 2 aromatic heterocycles. The number of methoxy groups -OCH3 is 1. The van der Waals surface area contributed by atoms with Crippen LogP contribution >= 0.6 is 11.6 Å². The number of ether oxygens (including phenoxy) is 1. The van der Waals surface area contributed by atoms with Gasteiger partial charge in [-0.3, -0.25) is 9.47 Å². The summed E-state index contributed by atoms with van der Waals surface area (Å²) in [5, 5.41) is 11.6. The van der Waals surface area contributed by atoms with Crippen molar-refractivity contribution < 1.29 is 14.2 Å². The summed E-state index contributed by atoms with van der Waals surface area (Å²) < 4.78 is 22.9. The Labute approximate surface area is 231 Å². The topological polar surface area (TPSA) is 75.8 Å². The molecule has 3 heterocycles. The standard InChI is InChI=1S/C29H31ClFN5O3/c1-33-9-14-36(29(33)38)26-5-4-20(16-25(26)30)23-18-22(31)19-24(28(23)37)21-6-7-32-27(17-21)35-12-10-34(11-13-35)8-3-15-39-2/h4-7,9,14,16-19,37H,3,8,10-13,15H2,1-2H3. The summed E-state index contributed by atoms with van der Waals surface area (Å²) in [5.74, 6) is 0.243. The highest BCUT2D eigenvalue weighted by atomic mass is 35.5. The van der Waals surface area contributed by atoms with Crippen molar-refractivity contribution in [2.24, 2.45) is 7.05 Å². The van der Waals surface area contributed by atoms with Crippen molar-refractivity contribution in [2.75, 3.05) is 51.3 Å². The van der Waals surface area contributed by atoms with Gasteiger partial charge >= 0.3 is 5.69 Å². The lowest BCUT2D eigenvalue weighted by Crippen LogP contribution is -2.47. The molecule has 1 fully saturated rings. The molecule has 4 aromatic rings. The molecule has 1 saturated heterocycles. The first-order chi connectivity index (χ1) is 18.9. The predicted molar refractivity (Wildman–Crippen MR) is 151 cm³/mol. The summed E-state index contributed by atoms with van der Waals surface area (Å²) in [6.45, 7) is 5.28. The Morgan fingerprint density at radius 3 is 2.38 bits per heavy atom. The van der Waals surface area contributed by atoms with Crippen molar-refractivity contribution >= 4 is 17.4 Å². The fourth-order valence-corrected chi connectivity index (χ4v) is 5.22. The molecule has 0 atom stereocenters. The Morgan fingerprint density at radius 1 is 1.03 bits per heavy atom. The molecule has 5 rings (SSSR count). The molecule has 8 nitrogen and oxygen atoms in total. The first kappa shape index (κ1) is 26.9. The van der Waals surface area contributed by atoms with Gasteiger partial charge in [-0.05, 0) is 53.9 Å². The van der Waals surface area contributed by atoms with Gasteiger partial charge in [0, 0.05) is 83.2 Å². The Balaban J connectivity index is 1.41. The minimum Gasteiger partial charge on any atom is -0.507 e. The van der Waals surface area contributed by atoms with Crippen LogP contribution in [0.25, 0.3) is 27.9 Å². The van der Waals surface area contributed by atoms with E-state index >= 15 is 0 Å². The van der Waals surface area contributed by atoms with E-state index in [1.807, 2.05) is 6.07 Å². The van der Waals surface area contributed by atoms with E-state index < -0.39 is 5.82 Å². The number of piperazine rings is 1. The largest absolute Gasteiger partial charge is 0.507 e. The van der Waals surface area contributed by atoms with Gasteiger partial charge in [0.2, 0.25) is 0 Å². The third-order valence-electron chi connectivity index (χ3n) is 7.12. The smallest absolute Gasteiger partial charge is 0.332 e. The summed E-state index contributed by atoms with van der Waals surface area (Å²) >= 11 is 6.53. The van der Waals surface area contributed by atoms with Crippen LogP contribution < -0.4 is 10.6 Å². The van der Waals surface area contributed by atoms with Crippen molar-refractivity contribution in [1.29, 1.82) is 0 Å². The number of aromatic hydroxyl groups is 1. The van der Waals surface area contributed by atoms with Crippen molar-refractivity contribution in [2.45, 2.75) is 6.42 Å². The Bertz CT molecular complexity index is 1530. The Kier molecular flexibility index (Phi) is 8.02. The van der Waals surface area contributed by atoms with E-state index in [0.29, 0.717) is 33.0 Å². The summed E-state index contributed by atoms with van der Waals surface area (Å²) in [7, 11) is 3.37. The average molecular weight is 552 g/mol. The van der Waals surface area contributed by atoms with Gasteiger partial charge in [-0.25, -0.2) is 14.2 Å². The molecular formula is C29H31ClFN5O3. The molecule has 0 amide bonds. The first-order valence-electron chi connectivity index (χ1n) is 12.8. The van der Waals surface area contributed by atoms with Crippen molar-refractivity contribution in [1.82, 2.24) is 19.0 Å². The van der Waals surface area contributed by atoms with Gasteiger partial charge in [0.1, 0.15) is 17.4 Å². The minimum absolute atomic E-state index is 0.0581. The van der Waals surface area contributed by atoms with Gasteiger partial charge < -0.3 is 19.3 Å². The molecule has 204 valence electrons. The highest BCUT2D eigenvalue weighted by Gasteiger charge is 2.20. The lowest BCUT2D eigenvalue weighted by Gasteiger charge is -2.35. The number of hydrogen-bond acceptors (Lipinski definition) is 6. The highest BCUT2D eigenvalue weighted by Crippen LogP contribution is 2.41. The number of anilines is 1. The molecular weight excluding hydrogens is 521 g/mol. The molecule has 0 aliphatic carbocycles. The van der Waals surface area contributed by atoms with Crippen molar-refractivity contribution in [3.8, 4) is 33.7 Å². The number of benzene rings is 2. The van der Waals surface area contributed by atoms with Crippen molar-refractivity contribution in [3.05, 3.63) is 82.4 Å². The SMILES string of the molecule is COCCCN1CCN(c2cc(-c3cc(F)cc(-c4ccc(-n5ccn(C)c5=O)c(Cl)c4)c3O)ccn2)CC1. The van der Waals surface area contributed by atoms with Gasteiger partial charge in [0.05, 0.1) is 10.7 Å². The summed E-state index contributed by atoms with van der Waals surface area (Å²) in [6, 6.07) is 11.3. The Hall–Kier alpha value is -3.66. The van der Waals surface area contributed by atoms with Crippen LogP contribution in [0.15, 0.2) is 65.8 Å². The lowest BCUT2D eigenvalue weighted by molar-refractivity contribution is 0.169. The van der Waals surface area contributed by atoms with Gasteiger partial charge in [0.25, 0.3) is 0 Å². The molecule has 10 heteroatoms. The highest BCUT2D eigenvalue weighted by molar-refractivity contribution is 6.32. The Morgan fingerprint density at radius 2 is 1.74 bits per heavy atom. The number of phenols is 1. The number of hydrogen-bond donors (Lipinski definition) is 1. The van der Waals surface area contributed by atoms with Crippen LogP contribution in [0.4, 0.5) is 10.2 Å². The van der Waals surface area contributed by atoms with Gasteiger partial charge in [-0.15, -0.1) is 0 Å². The number of imidazole rings is 1. The molecule has 0 saturated carbocycles. The van der Waals surface area contributed by atoms with Crippen LogP contribution in [0, 0.1) is 5.82 Å². The number of phenolic OH excluding ortho intramolecular Hbond substituents is 1. The maximum atomic E-state index is 14.9. The zero-order valence-corrected chi connectivity index (χ0v) is 22.7. The molecule has 1 aliphatic heterocycles. The maximum Gasteiger partial charge on any atom is 0.332 e. The van der Waals surface area contributed by atoms with Crippen LogP contribution in [0.2, 0.25) is 5.02 Å². The van der Waals surface area contributed by atoms with E-state index in [1.54, 1.807) is 57.0 Å². The normalized spacial score (nSPS) is 14.2. The summed E-state index contributed by atoms with van der Waals surface area (Å²) in [6.07, 6.45) is 5.96. The number of halogens is 2. The quantitative estimate of drug-likeness (QED) is 0.324. The fourth-order valence-electron chi connectivity index (χ4n) is 4.95. The summed E-state index contributed by atoms with van der Waals surface area (Å²) in [4.78, 5) is 21.5.